The third-order valence-corrected chi connectivity index (χ3v) is 3.30. The molecule has 1 atom stereocenters. The Morgan fingerprint density at radius 3 is 2.80 bits per heavy atom. The lowest BCUT2D eigenvalue weighted by Gasteiger charge is -2.10. The van der Waals surface area contributed by atoms with Crippen molar-refractivity contribution in [2.75, 3.05) is 19.5 Å². The molecule has 2 nitrogen and oxygen atoms in total. The van der Waals surface area contributed by atoms with Gasteiger partial charge in [-0.15, -0.1) is 11.8 Å². The molecule has 0 bridgehead atoms. The zero-order valence-electron chi connectivity index (χ0n) is 9.27. The smallest absolute Gasteiger partial charge is 0.0772 e. The van der Waals surface area contributed by atoms with Gasteiger partial charge in [0.05, 0.1) is 6.10 Å². The molecule has 0 aromatic heterocycles. The average Bonchev–Trinajstić information content (AvgIpc) is 2.25. The number of aliphatic hydroxyl groups excluding tert-OH is 1. The molecule has 1 aromatic carbocycles. The molecule has 3 heteroatoms. The van der Waals surface area contributed by atoms with E-state index < -0.39 is 6.10 Å². The molecule has 0 aliphatic rings. The topological polar surface area (TPSA) is 29.5 Å². The fourth-order valence-electron chi connectivity index (χ4n) is 1.34. The van der Waals surface area contributed by atoms with Crippen molar-refractivity contribution in [3.05, 3.63) is 29.8 Å². The van der Waals surface area contributed by atoms with Crippen LogP contribution in [-0.2, 0) is 4.74 Å². The van der Waals surface area contributed by atoms with Gasteiger partial charge < -0.3 is 9.84 Å². The second kappa shape index (κ2) is 6.88. The summed E-state index contributed by atoms with van der Waals surface area (Å²) < 4.78 is 4.99. The number of rotatable bonds is 6. The number of methoxy groups -OCH3 is 1. The number of aliphatic hydroxyl groups is 1. The Hall–Kier alpha value is -0.510. The molecule has 84 valence electrons. The van der Waals surface area contributed by atoms with Gasteiger partial charge in [0.15, 0.2) is 0 Å². The van der Waals surface area contributed by atoms with Crippen LogP contribution in [0.2, 0.25) is 0 Å². The molecule has 1 unspecified atom stereocenters. The summed E-state index contributed by atoms with van der Waals surface area (Å²) in [4.78, 5) is 1.17. The monoisotopic (exact) mass is 226 g/mol. The van der Waals surface area contributed by atoms with E-state index in [1.807, 2.05) is 18.2 Å². The van der Waals surface area contributed by atoms with Crippen molar-refractivity contribution in [1.82, 2.24) is 0 Å². The van der Waals surface area contributed by atoms with Crippen molar-refractivity contribution < 1.29 is 9.84 Å². The standard InChI is InChI=1S/C12H18O2S/c1-10(13)11-6-3-4-7-12(11)15-9-5-8-14-2/h3-4,6-7,10,13H,5,8-9H2,1-2H3. The van der Waals surface area contributed by atoms with Crippen LogP contribution < -0.4 is 0 Å². The maximum absolute atomic E-state index is 9.57. The maximum atomic E-state index is 9.57. The van der Waals surface area contributed by atoms with Gasteiger partial charge in [-0.1, -0.05) is 18.2 Å². The van der Waals surface area contributed by atoms with E-state index in [4.69, 9.17) is 4.74 Å². The van der Waals surface area contributed by atoms with Crippen LogP contribution in [0.3, 0.4) is 0 Å². The fourth-order valence-corrected chi connectivity index (χ4v) is 2.40. The van der Waals surface area contributed by atoms with Crippen molar-refractivity contribution in [3.63, 3.8) is 0 Å². The highest BCUT2D eigenvalue weighted by molar-refractivity contribution is 7.99. The van der Waals surface area contributed by atoms with Gasteiger partial charge in [0, 0.05) is 24.4 Å². The van der Waals surface area contributed by atoms with Crippen LogP contribution in [0.1, 0.15) is 25.0 Å². The molecule has 1 N–H and O–H groups in total. The molecule has 0 radical (unpaired) electrons. The molecule has 0 saturated heterocycles. The van der Waals surface area contributed by atoms with Crippen LogP contribution in [0, 0.1) is 0 Å². The largest absolute Gasteiger partial charge is 0.389 e. The molecule has 15 heavy (non-hydrogen) atoms. The molecule has 0 saturated carbocycles. The second-order valence-electron chi connectivity index (χ2n) is 3.41. The first-order valence-corrected chi connectivity index (χ1v) is 6.13. The van der Waals surface area contributed by atoms with Gasteiger partial charge in [0.25, 0.3) is 0 Å². The quantitative estimate of drug-likeness (QED) is 0.597. The molecule has 0 amide bonds. The van der Waals surface area contributed by atoms with Gasteiger partial charge in [-0.25, -0.2) is 0 Å². The van der Waals surface area contributed by atoms with Gasteiger partial charge in [-0.05, 0) is 25.0 Å². The molecular formula is C12H18O2S. The Kier molecular flexibility index (Phi) is 5.76. The third-order valence-electron chi connectivity index (χ3n) is 2.12. The first kappa shape index (κ1) is 12.6. The van der Waals surface area contributed by atoms with E-state index in [9.17, 15) is 5.11 Å². The Balaban J connectivity index is 2.52. The van der Waals surface area contributed by atoms with Crippen LogP contribution in [-0.4, -0.2) is 24.6 Å². The summed E-state index contributed by atoms with van der Waals surface area (Å²) in [5.74, 6) is 1.03. The lowest BCUT2D eigenvalue weighted by molar-refractivity contribution is 0.196. The Labute approximate surface area is 95.7 Å². The lowest BCUT2D eigenvalue weighted by atomic mass is 10.1. The molecular weight excluding hydrogens is 208 g/mol. The van der Waals surface area contributed by atoms with Crippen LogP contribution in [0.15, 0.2) is 29.2 Å². The van der Waals surface area contributed by atoms with Crippen molar-refractivity contribution in [2.24, 2.45) is 0 Å². The van der Waals surface area contributed by atoms with Gasteiger partial charge >= 0.3 is 0 Å². The average molecular weight is 226 g/mol. The highest BCUT2D eigenvalue weighted by Gasteiger charge is 2.06. The highest BCUT2D eigenvalue weighted by atomic mass is 32.2. The Morgan fingerprint density at radius 1 is 1.40 bits per heavy atom. The molecule has 0 aliphatic heterocycles. The van der Waals surface area contributed by atoms with E-state index in [1.54, 1.807) is 25.8 Å². The molecule has 1 rings (SSSR count). The first-order valence-electron chi connectivity index (χ1n) is 5.14. The van der Waals surface area contributed by atoms with Crippen molar-refractivity contribution >= 4 is 11.8 Å². The molecule has 1 aromatic rings. The minimum atomic E-state index is -0.392. The van der Waals surface area contributed by atoms with Gasteiger partial charge in [-0.3, -0.25) is 0 Å². The number of hydrogen-bond acceptors (Lipinski definition) is 3. The molecule has 0 spiro atoms. The zero-order chi connectivity index (χ0) is 11.1. The number of ether oxygens (including phenoxy) is 1. The van der Waals surface area contributed by atoms with Crippen molar-refractivity contribution in [2.45, 2.75) is 24.3 Å². The minimum Gasteiger partial charge on any atom is -0.389 e. The predicted octanol–water partition coefficient (Wildman–Crippen LogP) is 2.87. The van der Waals surface area contributed by atoms with E-state index in [0.29, 0.717) is 0 Å². The Bertz CT molecular complexity index is 287. The number of thioether (sulfide) groups is 1. The lowest BCUT2D eigenvalue weighted by Crippen LogP contribution is -1.95. The zero-order valence-corrected chi connectivity index (χ0v) is 10.1. The van der Waals surface area contributed by atoms with Crippen LogP contribution in [0.4, 0.5) is 0 Å². The van der Waals surface area contributed by atoms with Gasteiger partial charge in [0.2, 0.25) is 0 Å². The third kappa shape index (κ3) is 4.24. The maximum Gasteiger partial charge on any atom is 0.0772 e. The van der Waals surface area contributed by atoms with E-state index in [0.717, 1.165) is 24.3 Å². The number of hydrogen-bond donors (Lipinski definition) is 1. The summed E-state index contributed by atoms with van der Waals surface area (Å²) in [5.41, 5.74) is 1.01. The predicted molar refractivity (Wildman–Crippen MR) is 64.3 cm³/mol. The fraction of sp³-hybridized carbons (Fsp3) is 0.500. The molecule has 0 heterocycles. The van der Waals surface area contributed by atoms with E-state index >= 15 is 0 Å². The normalized spacial score (nSPS) is 12.7. The highest BCUT2D eigenvalue weighted by Crippen LogP contribution is 2.27. The summed E-state index contributed by atoms with van der Waals surface area (Å²) >= 11 is 1.78. The number of benzene rings is 1. The summed E-state index contributed by atoms with van der Waals surface area (Å²) in [6.45, 7) is 2.60. The van der Waals surface area contributed by atoms with Crippen molar-refractivity contribution in [3.8, 4) is 0 Å². The van der Waals surface area contributed by atoms with Crippen LogP contribution >= 0.6 is 11.8 Å². The SMILES string of the molecule is COCCCSc1ccccc1C(C)O. The van der Waals surface area contributed by atoms with E-state index in [1.165, 1.54) is 4.90 Å². The summed E-state index contributed by atoms with van der Waals surface area (Å²) in [6, 6.07) is 7.99. The summed E-state index contributed by atoms with van der Waals surface area (Å²) in [5, 5.41) is 9.57. The van der Waals surface area contributed by atoms with Crippen LogP contribution in [0.25, 0.3) is 0 Å². The second-order valence-corrected chi connectivity index (χ2v) is 4.55. The molecule has 0 fully saturated rings. The minimum absolute atomic E-state index is 0.392. The molecule has 0 aliphatic carbocycles. The van der Waals surface area contributed by atoms with Crippen LogP contribution in [0.5, 0.6) is 0 Å². The van der Waals surface area contributed by atoms with Crippen molar-refractivity contribution in [1.29, 1.82) is 0 Å². The van der Waals surface area contributed by atoms with Gasteiger partial charge in [-0.2, -0.15) is 0 Å². The summed E-state index contributed by atoms with van der Waals surface area (Å²) in [6.07, 6.45) is 0.645. The first-order chi connectivity index (χ1) is 7.25. The Morgan fingerprint density at radius 2 is 2.13 bits per heavy atom. The summed E-state index contributed by atoms with van der Waals surface area (Å²) in [7, 11) is 1.72. The van der Waals surface area contributed by atoms with E-state index in [-0.39, 0.29) is 0 Å². The van der Waals surface area contributed by atoms with E-state index in [2.05, 4.69) is 6.07 Å². The van der Waals surface area contributed by atoms with Gasteiger partial charge in [0.1, 0.15) is 0 Å².